The number of hydrogen-bond acceptors (Lipinski definition) is 7. The molecule has 2 aromatic carbocycles. The summed E-state index contributed by atoms with van der Waals surface area (Å²) >= 11 is 0. The number of rotatable bonds is 7. The Morgan fingerprint density at radius 1 is 1.03 bits per heavy atom. The summed E-state index contributed by atoms with van der Waals surface area (Å²) < 4.78 is 29.5. The van der Waals surface area contributed by atoms with Gasteiger partial charge in [-0.2, -0.15) is 4.98 Å². The summed E-state index contributed by atoms with van der Waals surface area (Å²) in [4.78, 5) is 7.40. The minimum atomic E-state index is -3.17. The van der Waals surface area contributed by atoms with Crippen LogP contribution in [0.1, 0.15) is 35.1 Å². The summed E-state index contributed by atoms with van der Waals surface area (Å²) in [5.74, 6) is 2.00. The van der Waals surface area contributed by atoms with Crippen LogP contribution >= 0.6 is 0 Å². The number of nitrogens with two attached hydrogens (primary N) is 1. The molecule has 186 valence electrons. The Labute approximate surface area is 208 Å². The number of sulfone groups is 1. The van der Waals surface area contributed by atoms with Gasteiger partial charge in [0.15, 0.2) is 15.7 Å². The lowest BCUT2D eigenvalue weighted by molar-refractivity contribution is 0.211. The molecule has 1 aliphatic rings. The van der Waals surface area contributed by atoms with E-state index in [2.05, 4.69) is 34.3 Å². The normalized spacial score (nSPS) is 15.2. The van der Waals surface area contributed by atoms with Crippen LogP contribution in [0.15, 0.2) is 53.4 Å². The third-order valence-electron chi connectivity index (χ3n) is 6.40. The zero-order valence-electron chi connectivity index (χ0n) is 20.8. The highest BCUT2D eigenvalue weighted by molar-refractivity contribution is 7.90. The molecule has 3 aromatic rings. The Morgan fingerprint density at radius 3 is 2.26 bits per heavy atom. The van der Waals surface area contributed by atoms with E-state index in [4.69, 9.17) is 10.5 Å². The first-order valence-corrected chi connectivity index (χ1v) is 13.8. The van der Waals surface area contributed by atoms with E-state index in [9.17, 15) is 8.42 Å². The largest absolute Gasteiger partial charge is 0.438 e. The van der Waals surface area contributed by atoms with Crippen LogP contribution in [-0.4, -0.2) is 43.7 Å². The molecule has 8 heteroatoms. The van der Waals surface area contributed by atoms with Crippen molar-refractivity contribution in [2.45, 2.75) is 51.1 Å². The number of aryl methyl sites for hydroxylation is 3. The predicted octanol–water partition coefficient (Wildman–Crippen LogP) is 4.86. The zero-order valence-corrected chi connectivity index (χ0v) is 21.7. The molecule has 0 saturated carbocycles. The standard InChI is InChI=1S/C27H34N4O3S/c1-18-15-19(2)26(20(3)16-18)34-25-10-9-24(28)27(30-25)29-22-11-13-31(14-12-22)17-21-5-7-23(8-6-21)35(4,32)33/h5-10,15-16,22H,11-14,17,28H2,1-4H3,(H,29,30). The summed E-state index contributed by atoms with van der Waals surface area (Å²) in [7, 11) is -3.17. The molecule has 1 aliphatic heterocycles. The van der Waals surface area contributed by atoms with E-state index in [0.29, 0.717) is 22.3 Å². The van der Waals surface area contributed by atoms with Crippen LogP contribution in [0, 0.1) is 20.8 Å². The number of piperidine rings is 1. The lowest BCUT2D eigenvalue weighted by atomic mass is 10.0. The van der Waals surface area contributed by atoms with E-state index in [1.54, 1.807) is 18.2 Å². The number of nitrogens with zero attached hydrogens (tertiary/aromatic N) is 2. The van der Waals surface area contributed by atoms with Crippen molar-refractivity contribution >= 4 is 21.3 Å². The van der Waals surface area contributed by atoms with Crippen molar-refractivity contribution in [2.75, 3.05) is 30.4 Å². The molecule has 7 nitrogen and oxygen atoms in total. The van der Waals surface area contributed by atoms with Gasteiger partial charge in [0.25, 0.3) is 0 Å². The smallest absolute Gasteiger partial charge is 0.221 e. The van der Waals surface area contributed by atoms with Crippen molar-refractivity contribution in [1.29, 1.82) is 0 Å². The second kappa shape index (κ2) is 10.3. The van der Waals surface area contributed by atoms with Crippen molar-refractivity contribution < 1.29 is 13.2 Å². The molecule has 0 unspecified atom stereocenters. The monoisotopic (exact) mass is 494 g/mol. The summed E-state index contributed by atoms with van der Waals surface area (Å²) in [5.41, 5.74) is 11.3. The third-order valence-corrected chi connectivity index (χ3v) is 7.53. The molecule has 0 atom stereocenters. The lowest BCUT2D eigenvalue weighted by Crippen LogP contribution is -2.38. The van der Waals surface area contributed by atoms with Gasteiger partial charge >= 0.3 is 0 Å². The number of likely N-dealkylation sites (tertiary alicyclic amines) is 1. The fourth-order valence-electron chi connectivity index (χ4n) is 4.59. The maximum absolute atomic E-state index is 11.7. The fourth-order valence-corrected chi connectivity index (χ4v) is 5.22. The highest BCUT2D eigenvalue weighted by Gasteiger charge is 2.21. The van der Waals surface area contributed by atoms with Gasteiger partial charge in [0.2, 0.25) is 5.88 Å². The van der Waals surface area contributed by atoms with Crippen LogP contribution < -0.4 is 15.8 Å². The van der Waals surface area contributed by atoms with Gasteiger partial charge in [0.05, 0.1) is 10.6 Å². The molecule has 0 spiro atoms. The van der Waals surface area contributed by atoms with Crippen molar-refractivity contribution in [2.24, 2.45) is 0 Å². The van der Waals surface area contributed by atoms with E-state index in [0.717, 1.165) is 54.9 Å². The van der Waals surface area contributed by atoms with Gasteiger partial charge < -0.3 is 15.8 Å². The first-order valence-electron chi connectivity index (χ1n) is 11.9. The van der Waals surface area contributed by atoms with Crippen LogP contribution in [0.2, 0.25) is 0 Å². The van der Waals surface area contributed by atoms with Crippen molar-refractivity contribution in [3.8, 4) is 11.6 Å². The topological polar surface area (TPSA) is 97.5 Å². The number of aromatic nitrogens is 1. The van der Waals surface area contributed by atoms with Crippen LogP contribution in [-0.2, 0) is 16.4 Å². The molecular weight excluding hydrogens is 460 g/mol. The minimum Gasteiger partial charge on any atom is -0.438 e. The average molecular weight is 495 g/mol. The lowest BCUT2D eigenvalue weighted by Gasteiger charge is -2.32. The number of ether oxygens (including phenoxy) is 1. The van der Waals surface area contributed by atoms with Crippen LogP contribution in [0.25, 0.3) is 0 Å². The van der Waals surface area contributed by atoms with Gasteiger partial charge in [-0.05, 0) is 68.5 Å². The molecule has 1 fully saturated rings. The Morgan fingerprint density at radius 2 is 1.66 bits per heavy atom. The van der Waals surface area contributed by atoms with Crippen LogP contribution in [0.3, 0.4) is 0 Å². The van der Waals surface area contributed by atoms with Gasteiger partial charge in [-0.3, -0.25) is 4.90 Å². The molecule has 3 N–H and O–H groups in total. The zero-order chi connectivity index (χ0) is 25.2. The minimum absolute atomic E-state index is 0.270. The number of nitrogen functional groups attached to an aromatic ring is 1. The number of anilines is 2. The maximum Gasteiger partial charge on any atom is 0.221 e. The number of benzene rings is 2. The average Bonchev–Trinajstić information content (AvgIpc) is 2.79. The molecular formula is C27H34N4O3S. The SMILES string of the molecule is Cc1cc(C)c(Oc2ccc(N)c(NC3CCN(Cc4ccc(S(C)(=O)=O)cc4)CC3)n2)c(C)c1. The highest BCUT2D eigenvalue weighted by atomic mass is 32.2. The first-order chi connectivity index (χ1) is 16.6. The van der Waals surface area contributed by atoms with Crippen LogP contribution in [0.5, 0.6) is 11.6 Å². The first kappa shape index (κ1) is 25.0. The molecule has 1 saturated heterocycles. The van der Waals surface area contributed by atoms with E-state index in [1.165, 1.54) is 11.8 Å². The third kappa shape index (κ3) is 6.32. The molecule has 0 aliphatic carbocycles. The Balaban J connectivity index is 1.35. The van der Waals surface area contributed by atoms with E-state index in [1.807, 2.05) is 32.0 Å². The van der Waals surface area contributed by atoms with E-state index < -0.39 is 9.84 Å². The fraction of sp³-hybridized carbons (Fsp3) is 0.370. The molecule has 1 aromatic heterocycles. The van der Waals surface area contributed by atoms with Crippen molar-refractivity contribution in [1.82, 2.24) is 9.88 Å². The van der Waals surface area contributed by atoms with Crippen LogP contribution in [0.4, 0.5) is 11.5 Å². The van der Waals surface area contributed by atoms with Crippen molar-refractivity contribution in [3.63, 3.8) is 0 Å². The van der Waals surface area contributed by atoms with Gasteiger partial charge in [0.1, 0.15) is 5.75 Å². The van der Waals surface area contributed by atoms with E-state index in [-0.39, 0.29) is 6.04 Å². The second-order valence-corrected chi connectivity index (χ2v) is 11.5. The molecule has 2 heterocycles. The molecule has 0 bridgehead atoms. The quantitative estimate of drug-likeness (QED) is 0.484. The number of pyridine rings is 1. The summed E-state index contributed by atoms with van der Waals surface area (Å²) in [5, 5.41) is 3.51. The Bertz CT molecular complexity index is 1280. The van der Waals surface area contributed by atoms with Gasteiger partial charge in [-0.1, -0.05) is 29.8 Å². The predicted molar refractivity (Wildman–Crippen MR) is 141 cm³/mol. The summed E-state index contributed by atoms with van der Waals surface area (Å²) in [6.07, 6.45) is 3.15. The molecule has 4 rings (SSSR count). The van der Waals surface area contributed by atoms with Gasteiger partial charge in [-0.15, -0.1) is 0 Å². The summed E-state index contributed by atoms with van der Waals surface area (Å²) in [6.45, 7) is 8.83. The summed E-state index contributed by atoms with van der Waals surface area (Å²) in [6, 6.07) is 15.3. The number of nitrogens with one attached hydrogen (secondary N) is 1. The Kier molecular flexibility index (Phi) is 7.33. The van der Waals surface area contributed by atoms with Crippen molar-refractivity contribution in [3.05, 3.63) is 70.8 Å². The molecule has 0 radical (unpaired) electrons. The molecule has 0 amide bonds. The van der Waals surface area contributed by atoms with Gasteiger partial charge in [0, 0.05) is 38.0 Å². The Hall–Kier alpha value is -3.10. The highest BCUT2D eigenvalue weighted by Crippen LogP contribution is 2.31. The van der Waals surface area contributed by atoms with Gasteiger partial charge in [-0.25, -0.2) is 8.42 Å². The van der Waals surface area contributed by atoms with E-state index >= 15 is 0 Å². The maximum atomic E-state index is 11.7. The number of hydrogen-bond donors (Lipinski definition) is 2. The second-order valence-electron chi connectivity index (χ2n) is 9.53. The molecule has 35 heavy (non-hydrogen) atoms.